The van der Waals surface area contributed by atoms with E-state index in [1.165, 1.54) is 0 Å². The maximum atomic E-state index is 13.3. The molecule has 8 heteroatoms. The summed E-state index contributed by atoms with van der Waals surface area (Å²) in [6.07, 6.45) is -0.279. The number of carbonyl (C=O) groups is 1. The normalized spacial score (nSPS) is 19.4. The average Bonchev–Trinajstić information content (AvgIpc) is 2.89. The molecule has 37 heavy (non-hydrogen) atoms. The molecule has 0 spiro atoms. The first-order valence-electron chi connectivity index (χ1n) is 12.6. The molecule has 0 bridgehead atoms. The Morgan fingerprint density at radius 2 is 1.73 bits per heavy atom. The molecule has 0 radical (unpaired) electrons. The Morgan fingerprint density at radius 3 is 2.38 bits per heavy atom. The number of anilines is 1. The van der Waals surface area contributed by atoms with E-state index in [2.05, 4.69) is 15.4 Å². The summed E-state index contributed by atoms with van der Waals surface area (Å²) in [5.41, 5.74) is 2.93. The molecule has 0 unspecified atom stereocenters. The highest BCUT2D eigenvalue weighted by atomic mass is 32.2. The van der Waals surface area contributed by atoms with Gasteiger partial charge in [-0.25, -0.2) is 13.1 Å². The van der Waals surface area contributed by atoms with Crippen molar-refractivity contribution in [2.45, 2.75) is 62.6 Å². The number of benzene rings is 3. The molecule has 3 atom stereocenters. The molecule has 0 aliphatic carbocycles. The lowest BCUT2D eigenvalue weighted by Gasteiger charge is -2.43. The topological polar surface area (TPSA) is 108 Å². The van der Waals surface area contributed by atoms with Crippen LogP contribution >= 0.6 is 0 Å². The van der Waals surface area contributed by atoms with Crippen molar-refractivity contribution in [3.63, 3.8) is 0 Å². The van der Waals surface area contributed by atoms with Crippen LogP contribution in [0.2, 0.25) is 0 Å². The number of nitrogens with one attached hydrogen (secondary N) is 3. The van der Waals surface area contributed by atoms with E-state index < -0.39 is 27.7 Å². The molecule has 0 aromatic heterocycles. The standard InChI is InChI=1S/C29H35N3O4S/c1-5-20-11-14-23(15-12-20)37(35,36)32-26-24-17-22(13-16-25(24)31-29(3,4)27(26)33)28(34)30-18-19(2)21-9-7-6-8-10-21/h6-17,19,26-27,31-33H,5,18H2,1-4H3,(H,30,34)/t19-,26-,27+/m1/s1. The highest BCUT2D eigenvalue weighted by Gasteiger charge is 2.43. The molecule has 1 aliphatic rings. The van der Waals surface area contributed by atoms with Gasteiger partial charge in [0.1, 0.15) is 0 Å². The third-order valence-corrected chi connectivity index (χ3v) is 8.48. The first-order chi connectivity index (χ1) is 17.5. The first-order valence-corrected chi connectivity index (χ1v) is 14.0. The fourth-order valence-corrected chi connectivity index (χ4v) is 5.82. The Kier molecular flexibility index (Phi) is 7.73. The summed E-state index contributed by atoms with van der Waals surface area (Å²) in [5, 5.41) is 17.4. The summed E-state index contributed by atoms with van der Waals surface area (Å²) >= 11 is 0. The smallest absolute Gasteiger partial charge is 0.251 e. The van der Waals surface area contributed by atoms with Crippen LogP contribution in [-0.4, -0.2) is 37.6 Å². The summed E-state index contributed by atoms with van der Waals surface area (Å²) in [6.45, 7) is 8.12. The number of aryl methyl sites for hydroxylation is 1. The van der Waals surface area contributed by atoms with Crippen LogP contribution in [0.3, 0.4) is 0 Å². The van der Waals surface area contributed by atoms with Crippen molar-refractivity contribution in [1.29, 1.82) is 0 Å². The quantitative estimate of drug-likeness (QED) is 0.352. The predicted octanol–water partition coefficient (Wildman–Crippen LogP) is 4.37. The largest absolute Gasteiger partial charge is 0.389 e. The molecular weight excluding hydrogens is 486 g/mol. The molecule has 3 aromatic rings. The fourth-order valence-electron chi connectivity index (χ4n) is 4.60. The lowest BCUT2D eigenvalue weighted by molar-refractivity contribution is 0.0769. The molecule has 1 heterocycles. The first kappa shape index (κ1) is 26.9. The van der Waals surface area contributed by atoms with Crippen LogP contribution in [0.5, 0.6) is 0 Å². The summed E-state index contributed by atoms with van der Waals surface area (Å²) in [7, 11) is -3.93. The van der Waals surface area contributed by atoms with E-state index in [0.29, 0.717) is 23.4 Å². The van der Waals surface area contributed by atoms with Crippen molar-refractivity contribution in [2.75, 3.05) is 11.9 Å². The molecule has 0 fully saturated rings. The molecule has 1 amide bonds. The molecular formula is C29H35N3O4S. The van der Waals surface area contributed by atoms with Gasteiger partial charge in [0.25, 0.3) is 5.91 Å². The second-order valence-corrected chi connectivity index (χ2v) is 11.9. The Labute approximate surface area is 219 Å². The van der Waals surface area contributed by atoms with E-state index in [-0.39, 0.29) is 16.7 Å². The maximum absolute atomic E-state index is 13.3. The summed E-state index contributed by atoms with van der Waals surface area (Å²) in [4.78, 5) is 13.1. The lowest BCUT2D eigenvalue weighted by atomic mass is 9.82. The molecule has 1 aliphatic heterocycles. The lowest BCUT2D eigenvalue weighted by Crippen LogP contribution is -2.54. The van der Waals surface area contributed by atoms with Gasteiger partial charge < -0.3 is 15.7 Å². The van der Waals surface area contributed by atoms with E-state index in [4.69, 9.17) is 0 Å². The number of fused-ring (bicyclic) bond motifs is 1. The minimum Gasteiger partial charge on any atom is -0.389 e. The maximum Gasteiger partial charge on any atom is 0.251 e. The van der Waals surface area contributed by atoms with Crippen LogP contribution < -0.4 is 15.4 Å². The second kappa shape index (κ2) is 10.7. The Morgan fingerprint density at radius 1 is 1.05 bits per heavy atom. The number of sulfonamides is 1. The minimum absolute atomic E-state index is 0.124. The van der Waals surface area contributed by atoms with Crippen molar-refractivity contribution in [2.24, 2.45) is 0 Å². The highest BCUT2D eigenvalue weighted by molar-refractivity contribution is 7.89. The third kappa shape index (κ3) is 5.87. The van der Waals surface area contributed by atoms with Crippen LogP contribution in [-0.2, 0) is 16.4 Å². The van der Waals surface area contributed by atoms with Gasteiger partial charge >= 0.3 is 0 Å². The SMILES string of the molecule is CCc1ccc(S(=O)(=O)N[C@@H]2c3cc(C(=O)NC[C@@H](C)c4ccccc4)ccc3NC(C)(C)[C@H]2O)cc1. The summed E-state index contributed by atoms with van der Waals surface area (Å²) < 4.78 is 29.2. The molecule has 0 saturated carbocycles. The number of aliphatic hydroxyl groups is 1. The molecule has 4 rings (SSSR count). The average molecular weight is 522 g/mol. The second-order valence-electron chi connectivity index (χ2n) is 10.2. The molecule has 0 saturated heterocycles. The van der Waals surface area contributed by atoms with E-state index in [1.54, 1.807) is 42.5 Å². The van der Waals surface area contributed by atoms with E-state index in [0.717, 1.165) is 17.5 Å². The Hall–Kier alpha value is -3.20. The van der Waals surface area contributed by atoms with Crippen molar-refractivity contribution < 1.29 is 18.3 Å². The van der Waals surface area contributed by atoms with Crippen LogP contribution in [0.25, 0.3) is 0 Å². The van der Waals surface area contributed by atoms with Gasteiger partial charge in [-0.15, -0.1) is 0 Å². The number of hydrogen-bond donors (Lipinski definition) is 4. The van der Waals surface area contributed by atoms with Gasteiger partial charge in [-0.05, 0) is 73.2 Å². The van der Waals surface area contributed by atoms with E-state index in [1.807, 2.05) is 58.0 Å². The van der Waals surface area contributed by atoms with Crippen LogP contribution in [0.1, 0.15) is 66.7 Å². The molecule has 4 N–H and O–H groups in total. The van der Waals surface area contributed by atoms with Crippen LogP contribution in [0, 0.1) is 0 Å². The predicted molar refractivity (Wildman–Crippen MR) is 146 cm³/mol. The highest BCUT2D eigenvalue weighted by Crippen LogP contribution is 2.39. The summed E-state index contributed by atoms with van der Waals surface area (Å²) in [6, 6.07) is 20.8. The summed E-state index contributed by atoms with van der Waals surface area (Å²) in [5.74, 6) is -0.132. The number of rotatable bonds is 8. The zero-order chi connectivity index (χ0) is 26.8. The molecule has 3 aromatic carbocycles. The third-order valence-electron chi connectivity index (χ3n) is 7.02. The number of carbonyl (C=O) groups excluding carboxylic acids is 1. The van der Waals surface area contributed by atoms with Gasteiger partial charge in [0.2, 0.25) is 10.0 Å². The van der Waals surface area contributed by atoms with Crippen molar-refractivity contribution in [3.8, 4) is 0 Å². The van der Waals surface area contributed by atoms with Crippen LogP contribution in [0.4, 0.5) is 5.69 Å². The fraction of sp³-hybridized carbons (Fsp3) is 0.345. The van der Waals surface area contributed by atoms with Gasteiger partial charge in [0.15, 0.2) is 0 Å². The monoisotopic (exact) mass is 521 g/mol. The Bertz CT molecular complexity index is 1360. The zero-order valence-electron chi connectivity index (χ0n) is 21.7. The number of aliphatic hydroxyl groups excluding tert-OH is 1. The van der Waals surface area contributed by atoms with Gasteiger partial charge in [0.05, 0.1) is 22.6 Å². The Balaban J connectivity index is 1.59. The number of hydrogen-bond acceptors (Lipinski definition) is 5. The van der Waals surface area contributed by atoms with Gasteiger partial charge in [0, 0.05) is 17.8 Å². The minimum atomic E-state index is -3.93. The van der Waals surface area contributed by atoms with E-state index in [9.17, 15) is 18.3 Å². The van der Waals surface area contributed by atoms with E-state index >= 15 is 0 Å². The molecule has 196 valence electrons. The zero-order valence-corrected chi connectivity index (χ0v) is 22.5. The van der Waals surface area contributed by atoms with Crippen molar-refractivity contribution in [3.05, 3.63) is 95.1 Å². The molecule has 7 nitrogen and oxygen atoms in total. The van der Waals surface area contributed by atoms with Gasteiger partial charge in [-0.3, -0.25) is 4.79 Å². The van der Waals surface area contributed by atoms with Crippen LogP contribution in [0.15, 0.2) is 77.7 Å². The van der Waals surface area contributed by atoms with Gasteiger partial charge in [-0.1, -0.05) is 56.3 Å². The number of amides is 1. The van der Waals surface area contributed by atoms with Crippen molar-refractivity contribution in [1.82, 2.24) is 10.0 Å². The van der Waals surface area contributed by atoms with Crippen molar-refractivity contribution >= 4 is 21.6 Å². The van der Waals surface area contributed by atoms with Gasteiger partial charge in [-0.2, -0.15) is 0 Å².